The lowest BCUT2D eigenvalue weighted by Gasteiger charge is -2.03. The van der Waals surface area contributed by atoms with E-state index in [2.05, 4.69) is 15.0 Å². The minimum absolute atomic E-state index is 0.650. The number of benzene rings is 1. The lowest BCUT2D eigenvalue weighted by molar-refractivity contribution is 1.14. The van der Waals surface area contributed by atoms with E-state index in [1.54, 1.807) is 12.4 Å². The molecule has 0 N–H and O–H groups in total. The maximum atomic E-state index is 4.54. The molecule has 0 aliphatic carbocycles. The number of pyridine rings is 1. The van der Waals surface area contributed by atoms with Gasteiger partial charge in [-0.1, -0.05) is 36.4 Å². The molecule has 0 radical (unpaired) electrons. The van der Waals surface area contributed by atoms with Gasteiger partial charge in [0.25, 0.3) is 0 Å². The van der Waals surface area contributed by atoms with E-state index in [1.165, 1.54) is 0 Å². The summed E-state index contributed by atoms with van der Waals surface area (Å²) in [5, 5.41) is 0. The van der Waals surface area contributed by atoms with E-state index >= 15 is 0 Å². The first-order valence-electron chi connectivity index (χ1n) is 5.73. The average Bonchev–Trinajstić information content (AvgIpc) is 2.49. The normalized spacial score (nSPS) is 10.2. The van der Waals surface area contributed by atoms with Gasteiger partial charge in [0.2, 0.25) is 0 Å². The maximum Gasteiger partial charge on any atom is 0.178 e. The van der Waals surface area contributed by atoms with E-state index in [1.807, 2.05) is 54.6 Å². The van der Waals surface area contributed by atoms with Crippen LogP contribution in [0.1, 0.15) is 0 Å². The fourth-order valence-electron chi connectivity index (χ4n) is 1.75. The zero-order chi connectivity index (χ0) is 12.2. The van der Waals surface area contributed by atoms with Crippen LogP contribution >= 0.6 is 0 Å². The van der Waals surface area contributed by atoms with E-state index in [9.17, 15) is 0 Å². The minimum atomic E-state index is 0.650. The van der Waals surface area contributed by atoms with Crippen molar-refractivity contribution < 1.29 is 0 Å². The van der Waals surface area contributed by atoms with Crippen LogP contribution in [0.15, 0.2) is 67.0 Å². The van der Waals surface area contributed by atoms with E-state index < -0.39 is 0 Å². The van der Waals surface area contributed by atoms with Gasteiger partial charge in [0.1, 0.15) is 5.69 Å². The first-order valence-corrected chi connectivity index (χ1v) is 5.73. The first kappa shape index (κ1) is 10.6. The molecule has 86 valence electrons. The highest BCUT2D eigenvalue weighted by molar-refractivity contribution is 5.61. The molecule has 3 rings (SSSR count). The molecule has 2 aromatic heterocycles. The molecule has 2 heterocycles. The summed E-state index contributed by atoms with van der Waals surface area (Å²) in [6.45, 7) is 0. The topological polar surface area (TPSA) is 38.7 Å². The molecule has 0 amide bonds. The second-order valence-corrected chi connectivity index (χ2v) is 3.85. The maximum absolute atomic E-state index is 4.54. The molecule has 0 saturated carbocycles. The molecular weight excluding hydrogens is 222 g/mol. The number of nitrogens with zero attached hydrogens (tertiary/aromatic N) is 3. The molecular formula is C15H11N3. The molecule has 3 nitrogen and oxygen atoms in total. The van der Waals surface area contributed by atoms with Crippen molar-refractivity contribution in [1.29, 1.82) is 0 Å². The summed E-state index contributed by atoms with van der Waals surface area (Å²) >= 11 is 0. The van der Waals surface area contributed by atoms with Crippen molar-refractivity contribution in [2.75, 3.05) is 0 Å². The van der Waals surface area contributed by atoms with Crippen LogP contribution < -0.4 is 0 Å². The minimum Gasteiger partial charge on any atom is -0.253 e. The molecule has 3 heteroatoms. The Balaban J connectivity index is 2.05. The van der Waals surface area contributed by atoms with Crippen molar-refractivity contribution in [3.8, 4) is 22.8 Å². The fraction of sp³-hybridized carbons (Fsp3) is 0. The van der Waals surface area contributed by atoms with Crippen LogP contribution in [0.3, 0.4) is 0 Å². The zero-order valence-corrected chi connectivity index (χ0v) is 9.69. The molecule has 0 bridgehead atoms. The zero-order valence-electron chi connectivity index (χ0n) is 9.69. The van der Waals surface area contributed by atoms with Crippen molar-refractivity contribution in [3.05, 3.63) is 67.0 Å². The molecule has 3 aromatic rings. The molecule has 0 aliphatic rings. The average molecular weight is 233 g/mol. The summed E-state index contributed by atoms with van der Waals surface area (Å²) in [5.41, 5.74) is 2.78. The van der Waals surface area contributed by atoms with E-state index in [-0.39, 0.29) is 0 Å². The highest BCUT2D eigenvalue weighted by Gasteiger charge is 2.04. The molecule has 0 unspecified atom stereocenters. The van der Waals surface area contributed by atoms with Gasteiger partial charge in [0.15, 0.2) is 5.82 Å². The van der Waals surface area contributed by atoms with Crippen LogP contribution in [0.5, 0.6) is 0 Å². The number of aromatic nitrogens is 3. The van der Waals surface area contributed by atoms with Crippen LogP contribution in [-0.2, 0) is 0 Å². The van der Waals surface area contributed by atoms with Crippen LogP contribution in [0, 0.1) is 0 Å². The third-order valence-electron chi connectivity index (χ3n) is 2.62. The highest BCUT2D eigenvalue weighted by atomic mass is 14.9. The molecule has 0 fully saturated rings. The largest absolute Gasteiger partial charge is 0.253 e. The standard InChI is InChI=1S/C15H11N3/c1-2-6-12(7-3-1)13-9-11-17-15(18-13)14-8-4-5-10-16-14/h1-11H. The molecule has 0 atom stereocenters. The van der Waals surface area contributed by atoms with Gasteiger partial charge in [-0.15, -0.1) is 0 Å². The summed E-state index contributed by atoms with van der Waals surface area (Å²) in [4.78, 5) is 13.1. The van der Waals surface area contributed by atoms with Crippen molar-refractivity contribution in [1.82, 2.24) is 15.0 Å². The van der Waals surface area contributed by atoms with Crippen molar-refractivity contribution in [2.24, 2.45) is 0 Å². The second-order valence-electron chi connectivity index (χ2n) is 3.85. The summed E-state index contributed by atoms with van der Waals surface area (Å²) in [6, 6.07) is 17.7. The third-order valence-corrected chi connectivity index (χ3v) is 2.62. The lowest BCUT2D eigenvalue weighted by Crippen LogP contribution is -1.92. The monoisotopic (exact) mass is 233 g/mol. The summed E-state index contributed by atoms with van der Waals surface area (Å²) < 4.78 is 0. The Morgan fingerprint density at radius 1 is 0.611 bits per heavy atom. The molecule has 0 saturated heterocycles. The van der Waals surface area contributed by atoms with Gasteiger partial charge in [-0.25, -0.2) is 9.97 Å². The van der Waals surface area contributed by atoms with Gasteiger partial charge < -0.3 is 0 Å². The SMILES string of the molecule is c1ccc(-c2ccnc(-c3ccccn3)n2)cc1. The van der Waals surface area contributed by atoms with Gasteiger partial charge in [0, 0.05) is 18.0 Å². The smallest absolute Gasteiger partial charge is 0.178 e. The Morgan fingerprint density at radius 3 is 2.22 bits per heavy atom. The van der Waals surface area contributed by atoms with Gasteiger partial charge >= 0.3 is 0 Å². The van der Waals surface area contributed by atoms with Gasteiger partial charge in [-0.2, -0.15) is 0 Å². The Hall–Kier alpha value is -2.55. The van der Waals surface area contributed by atoms with Crippen molar-refractivity contribution in [3.63, 3.8) is 0 Å². The van der Waals surface area contributed by atoms with Crippen molar-refractivity contribution >= 4 is 0 Å². The predicted molar refractivity (Wildman–Crippen MR) is 70.7 cm³/mol. The molecule has 1 aromatic carbocycles. The summed E-state index contributed by atoms with van der Waals surface area (Å²) in [5.74, 6) is 0.650. The van der Waals surface area contributed by atoms with Gasteiger partial charge in [0.05, 0.1) is 5.69 Å². The quantitative estimate of drug-likeness (QED) is 0.682. The third kappa shape index (κ3) is 2.11. The van der Waals surface area contributed by atoms with Crippen LogP contribution in [0.2, 0.25) is 0 Å². The number of hydrogen-bond donors (Lipinski definition) is 0. The van der Waals surface area contributed by atoms with Crippen LogP contribution in [0.4, 0.5) is 0 Å². The summed E-state index contributed by atoms with van der Waals surface area (Å²) in [7, 11) is 0. The Kier molecular flexibility index (Phi) is 2.80. The van der Waals surface area contributed by atoms with Gasteiger partial charge in [-0.3, -0.25) is 4.98 Å². The predicted octanol–water partition coefficient (Wildman–Crippen LogP) is 3.21. The lowest BCUT2D eigenvalue weighted by atomic mass is 10.1. The Morgan fingerprint density at radius 2 is 1.44 bits per heavy atom. The van der Waals surface area contributed by atoms with Crippen molar-refractivity contribution in [2.45, 2.75) is 0 Å². The summed E-state index contributed by atoms with van der Waals surface area (Å²) in [6.07, 6.45) is 3.51. The molecule has 0 spiro atoms. The molecule has 0 aliphatic heterocycles. The molecule has 18 heavy (non-hydrogen) atoms. The number of hydrogen-bond acceptors (Lipinski definition) is 3. The second kappa shape index (κ2) is 4.75. The number of rotatable bonds is 2. The highest BCUT2D eigenvalue weighted by Crippen LogP contribution is 2.18. The van der Waals surface area contributed by atoms with Crippen LogP contribution in [-0.4, -0.2) is 15.0 Å². The van der Waals surface area contributed by atoms with E-state index in [0.29, 0.717) is 5.82 Å². The van der Waals surface area contributed by atoms with Gasteiger partial charge in [-0.05, 0) is 18.2 Å². The van der Waals surface area contributed by atoms with E-state index in [0.717, 1.165) is 17.0 Å². The first-order chi connectivity index (χ1) is 8.93. The Labute approximate surface area is 105 Å². The van der Waals surface area contributed by atoms with Crippen LogP contribution in [0.25, 0.3) is 22.8 Å². The fourth-order valence-corrected chi connectivity index (χ4v) is 1.75. The Bertz CT molecular complexity index is 581. The van der Waals surface area contributed by atoms with E-state index in [4.69, 9.17) is 0 Å².